The Morgan fingerprint density at radius 1 is 1.67 bits per heavy atom. The predicted molar refractivity (Wildman–Crippen MR) is 64.4 cm³/mol. The van der Waals surface area contributed by atoms with Gasteiger partial charge >= 0.3 is 0 Å². The zero-order valence-electron chi connectivity index (χ0n) is 8.77. The first-order valence-electron chi connectivity index (χ1n) is 4.78. The van der Waals surface area contributed by atoms with E-state index < -0.39 is 0 Å². The second kappa shape index (κ2) is 6.47. The normalized spacial score (nSPS) is 10.3. The van der Waals surface area contributed by atoms with Crippen LogP contribution in [-0.4, -0.2) is 34.9 Å². The lowest BCUT2D eigenvalue weighted by Crippen LogP contribution is -2.24. The highest BCUT2D eigenvalue weighted by Gasteiger charge is 1.98. The number of hydrogen-bond donors (Lipinski definition) is 2. The second-order valence-corrected chi connectivity index (χ2v) is 4.00. The number of hydrogen-bond acceptors (Lipinski definition) is 5. The Morgan fingerprint density at radius 2 is 2.47 bits per heavy atom. The van der Waals surface area contributed by atoms with Gasteiger partial charge in [-0.25, -0.2) is 4.68 Å². The lowest BCUT2D eigenvalue weighted by atomic mass is 10.4. The molecule has 1 aromatic rings. The third-order valence-corrected chi connectivity index (χ3v) is 2.44. The van der Waals surface area contributed by atoms with Crippen LogP contribution >= 0.6 is 11.8 Å². The summed E-state index contributed by atoms with van der Waals surface area (Å²) in [6, 6.07) is 1.54. The molecule has 0 saturated heterocycles. The first-order chi connectivity index (χ1) is 7.27. The number of aromatic nitrogens is 2. The summed E-state index contributed by atoms with van der Waals surface area (Å²) in [6.45, 7) is 1.84. The van der Waals surface area contributed by atoms with E-state index in [9.17, 15) is 4.79 Å². The summed E-state index contributed by atoms with van der Waals surface area (Å²) >= 11 is 1.69. The molecule has 0 unspecified atom stereocenters. The number of aryl methyl sites for hydroxylation is 1. The van der Waals surface area contributed by atoms with Crippen LogP contribution in [0.25, 0.3) is 0 Å². The topological polar surface area (TPSA) is 72.9 Å². The number of rotatable bonds is 6. The summed E-state index contributed by atoms with van der Waals surface area (Å²) in [5.41, 5.74) is 5.99. The number of anilines is 1. The average Bonchev–Trinajstić information content (AvgIpc) is 2.25. The van der Waals surface area contributed by atoms with Gasteiger partial charge in [0.1, 0.15) is 0 Å². The Bertz CT molecular complexity index is 352. The Hall–Kier alpha value is -1.01. The number of thioether (sulfide) groups is 1. The van der Waals surface area contributed by atoms with Crippen LogP contribution in [0.5, 0.6) is 0 Å². The van der Waals surface area contributed by atoms with E-state index in [2.05, 4.69) is 10.4 Å². The fourth-order valence-corrected chi connectivity index (χ4v) is 1.45. The van der Waals surface area contributed by atoms with Gasteiger partial charge in [0.05, 0.1) is 18.4 Å². The van der Waals surface area contributed by atoms with Crippen LogP contribution in [0.3, 0.4) is 0 Å². The van der Waals surface area contributed by atoms with Gasteiger partial charge in [-0.15, -0.1) is 0 Å². The van der Waals surface area contributed by atoms with Gasteiger partial charge in [-0.3, -0.25) is 4.79 Å². The number of nitrogens with zero attached hydrogens (tertiary/aromatic N) is 2. The lowest BCUT2D eigenvalue weighted by Gasteiger charge is -2.06. The molecule has 0 spiro atoms. The van der Waals surface area contributed by atoms with Gasteiger partial charge in [0.25, 0.3) is 5.56 Å². The Morgan fingerprint density at radius 3 is 3.07 bits per heavy atom. The quantitative estimate of drug-likeness (QED) is 0.715. The fourth-order valence-electron chi connectivity index (χ4n) is 1.09. The molecule has 0 fully saturated rings. The van der Waals surface area contributed by atoms with Crippen LogP contribution in [0.15, 0.2) is 17.1 Å². The van der Waals surface area contributed by atoms with Crippen LogP contribution in [-0.2, 0) is 6.54 Å². The van der Waals surface area contributed by atoms with Gasteiger partial charge in [0.2, 0.25) is 0 Å². The molecular formula is C9H16N4OS. The molecule has 3 N–H and O–H groups in total. The van der Waals surface area contributed by atoms with Gasteiger partial charge in [-0.05, 0) is 6.26 Å². The van der Waals surface area contributed by atoms with Crippen molar-refractivity contribution in [2.75, 3.05) is 30.4 Å². The zero-order valence-corrected chi connectivity index (χ0v) is 9.59. The molecule has 84 valence electrons. The molecule has 1 heterocycles. The minimum absolute atomic E-state index is 0.0777. The van der Waals surface area contributed by atoms with Crippen molar-refractivity contribution >= 4 is 17.4 Å². The first-order valence-corrected chi connectivity index (χ1v) is 6.17. The molecule has 0 radical (unpaired) electrons. The Balaban J connectivity index is 2.66. The molecule has 0 aliphatic rings. The second-order valence-electron chi connectivity index (χ2n) is 3.01. The summed E-state index contributed by atoms with van der Waals surface area (Å²) in [4.78, 5) is 11.5. The van der Waals surface area contributed by atoms with E-state index in [1.165, 1.54) is 4.68 Å². The molecule has 0 saturated carbocycles. The van der Waals surface area contributed by atoms with E-state index in [4.69, 9.17) is 5.73 Å². The van der Waals surface area contributed by atoms with Crippen LogP contribution in [0, 0.1) is 0 Å². The molecule has 1 aromatic heterocycles. The van der Waals surface area contributed by atoms with Crippen LogP contribution in [0.1, 0.15) is 0 Å². The van der Waals surface area contributed by atoms with Crippen molar-refractivity contribution in [3.05, 3.63) is 22.6 Å². The van der Waals surface area contributed by atoms with E-state index in [1.54, 1.807) is 24.0 Å². The van der Waals surface area contributed by atoms with E-state index in [1.807, 2.05) is 6.26 Å². The SMILES string of the molecule is CSCCn1ncc(NCCN)cc1=O. The zero-order chi connectivity index (χ0) is 11.1. The monoisotopic (exact) mass is 228 g/mol. The van der Waals surface area contributed by atoms with Crippen molar-refractivity contribution in [2.24, 2.45) is 5.73 Å². The van der Waals surface area contributed by atoms with Crippen molar-refractivity contribution < 1.29 is 0 Å². The van der Waals surface area contributed by atoms with E-state index in [0.29, 0.717) is 19.6 Å². The summed E-state index contributed by atoms with van der Waals surface area (Å²) in [5.74, 6) is 0.891. The molecule has 5 nitrogen and oxygen atoms in total. The first kappa shape index (κ1) is 12.1. The molecule has 6 heteroatoms. The standard InChI is InChI=1S/C9H16N4OS/c1-15-5-4-13-9(14)6-8(7-12-13)11-3-2-10/h6-7,11H,2-5,10H2,1H3. The van der Waals surface area contributed by atoms with Crippen molar-refractivity contribution in [2.45, 2.75) is 6.54 Å². The molecule has 15 heavy (non-hydrogen) atoms. The Kier molecular flexibility index (Phi) is 5.20. The van der Waals surface area contributed by atoms with Crippen LogP contribution < -0.4 is 16.6 Å². The molecule has 0 amide bonds. The van der Waals surface area contributed by atoms with Crippen molar-refractivity contribution in [3.63, 3.8) is 0 Å². The highest BCUT2D eigenvalue weighted by Crippen LogP contribution is 1.99. The van der Waals surface area contributed by atoms with E-state index >= 15 is 0 Å². The number of nitrogens with two attached hydrogens (primary N) is 1. The van der Waals surface area contributed by atoms with E-state index in [-0.39, 0.29) is 5.56 Å². The average molecular weight is 228 g/mol. The van der Waals surface area contributed by atoms with Gasteiger partial charge in [0.15, 0.2) is 0 Å². The maximum atomic E-state index is 11.5. The summed E-state index contributed by atoms with van der Waals surface area (Å²) in [6.07, 6.45) is 3.65. The smallest absolute Gasteiger partial charge is 0.268 e. The highest BCUT2D eigenvalue weighted by molar-refractivity contribution is 7.98. The molecule has 0 aliphatic carbocycles. The third-order valence-electron chi connectivity index (χ3n) is 1.85. The Labute approximate surface area is 93.0 Å². The molecule has 0 atom stereocenters. The largest absolute Gasteiger partial charge is 0.382 e. The molecular weight excluding hydrogens is 212 g/mol. The molecule has 0 aliphatic heterocycles. The summed E-state index contributed by atoms with van der Waals surface area (Å²) in [5, 5.41) is 7.07. The predicted octanol–water partition coefficient (Wildman–Crippen LogP) is -0.0231. The number of nitrogens with one attached hydrogen (secondary N) is 1. The van der Waals surface area contributed by atoms with Gasteiger partial charge < -0.3 is 11.1 Å². The maximum Gasteiger partial charge on any atom is 0.268 e. The molecule has 1 rings (SSSR count). The minimum Gasteiger partial charge on any atom is -0.382 e. The van der Waals surface area contributed by atoms with Crippen molar-refractivity contribution in [1.29, 1.82) is 0 Å². The lowest BCUT2D eigenvalue weighted by molar-refractivity contribution is 0.622. The van der Waals surface area contributed by atoms with Crippen molar-refractivity contribution in [3.8, 4) is 0 Å². The van der Waals surface area contributed by atoms with Gasteiger partial charge in [0, 0.05) is 24.9 Å². The highest BCUT2D eigenvalue weighted by atomic mass is 32.2. The maximum absolute atomic E-state index is 11.5. The van der Waals surface area contributed by atoms with Crippen molar-refractivity contribution in [1.82, 2.24) is 9.78 Å². The minimum atomic E-state index is -0.0777. The molecule has 0 bridgehead atoms. The fraction of sp³-hybridized carbons (Fsp3) is 0.556. The van der Waals surface area contributed by atoms with Crippen LogP contribution in [0.4, 0.5) is 5.69 Å². The van der Waals surface area contributed by atoms with E-state index in [0.717, 1.165) is 11.4 Å². The summed E-state index contributed by atoms with van der Waals surface area (Å²) < 4.78 is 1.46. The summed E-state index contributed by atoms with van der Waals surface area (Å²) in [7, 11) is 0. The third kappa shape index (κ3) is 3.93. The molecule has 0 aromatic carbocycles. The van der Waals surface area contributed by atoms with Crippen LogP contribution in [0.2, 0.25) is 0 Å². The van der Waals surface area contributed by atoms with Gasteiger partial charge in [-0.2, -0.15) is 16.9 Å². The van der Waals surface area contributed by atoms with Gasteiger partial charge in [-0.1, -0.05) is 0 Å².